The maximum atomic E-state index is 11.2. The van der Waals surface area contributed by atoms with Crippen molar-refractivity contribution < 1.29 is 14.6 Å². The van der Waals surface area contributed by atoms with Gasteiger partial charge in [0.2, 0.25) is 0 Å². The molecule has 76 valence electrons. The van der Waals surface area contributed by atoms with Crippen LogP contribution in [0.2, 0.25) is 0 Å². The van der Waals surface area contributed by atoms with Crippen molar-refractivity contribution >= 4 is 17.9 Å². The number of likely N-dealkylation sites (N-methyl/N-ethyl adjacent to an activating group) is 1. The SMILES string of the molecule is C=C/C=C(\C=[NH+]CC(C)=O)C(=O)NC. The Hall–Kier alpha value is -1.71. The Kier molecular flexibility index (Phi) is 5.94. The molecule has 0 fully saturated rings. The fraction of sp³-hybridized carbons (Fsp3) is 0.300. The number of rotatable bonds is 5. The van der Waals surface area contributed by atoms with Crippen molar-refractivity contribution in [1.29, 1.82) is 0 Å². The zero-order valence-electron chi connectivity index (χ0n) is 8.46. The van der Waals surface area contributed by atoms with Crippen molar-refractivity contribution in [3.63, 3.8) is 0 Å². The summed E-state index contributed by atoms with van der Waals surface area (Å²) in [6.07, 6.45) is 4.56. The molecule has 0 saturated carbocycles. The molecule has 0 atom stereocenters. The molecule has 0 rings (SSSR count). The monoisotopic (exact) mass is 195 g/mol. The van der Waals surface area contributed by atoms with Crippen molar-refractivity contribution in [3.05, 3.63) is 24.3 Å². The molecule has 14 heavy (non-hydrogen) atoms. The Balaban J connectivity index is 4.46. The Morgan fingerprint density at radius 1 is 1.50 bits per heavy atom. The fourth-order valence-electron chi connectivity index (χ4n) is 0.765. The van der Waals surface area contributed by atoms with Gasteiger partial charge in [-0.05, 0) is 6.08 Å². The Bertz CT molecular complexity index is 290. The van der Waals surface area contributed by atoms with Crippen LogP contribution in [-0.2, 0) is 9.59 Å². The molecule has 0 aromatic rings. The van der Waals surface area contributed by atoms with Crippen LogP contribution >= 0.6 is 0 Å². The number of Topliss-reactive ketones (excluding diaryl/α,β-unsaturated/α-hetero) is 1. The quantitative estimate of drug-likeness (QED) is 0.321. The van der Waals surface area contributed by atoms with Gasteiger partial charge in [-0.3, -0.25) is 9.59 Å². The first kappa shape index (κ1) is 12.3. The Morgan fingerprint density at radius 3 is 2.57 bits per heavy atom. The molecule has 0 spiro atoms. The molecular weight excluding hydrogens is 180 g/mol. The van der Waals surface area contributed by atoms with E-state index in [1.54, 1.807) is 6.08 Å². The average Bonchev–Trinajstić information content (AvgIpc) is 2.15. The van der Waals surface area contributed by atoms with Crippen molar-refractivity contribution in [1.82, 2.24) is 5.32 Å². The highest BCUT2D eigenvalue weighted by Crippen LogP contribution is 1.87. The van der Waals surface area contributed by atoms with E-state index >= 15 is 0 Å². The van der Waals surface area contributed by atoms with Gasteiger partial charge in [0.05, 0.1) is 0 Å². The molecule has 0 radical (unpaired) electrons. The summed E-state index contributed by atoms with van der Waals surface area (Å²) in [5.74, 6) is -0.211. The van der Waals surface area contributed by atoms with E-state index < -0.39 is 0 Å². The molecule has 0 bridgehead atoms. The minimum absolute atomic E-state index is 0.0103. The fourth-order valence-corrected chi connectivity index (χ4v) is 0.765. The summed E-state index contributed by atoms with van der Waals surface area (Å²) in [5.41, 5.74) is 0.434. The Labute approximate surface area is 83.4 Å². The predicted octanol–water partition coefficient (Wildman–Crippen LogP) is -1.41. The molecule has 4 heteroatoms. The third kappa shape index (κ3) is 5.03. The van der Waals surface area contributed by atoms with Crippen LogP contribution in [0.15, 0.2) is 24.3 Å². The van der Waals surface area contributed by atoms with E-state index in [0.29, 0.717) is 5.57 Å². The lowest BCUT2D eigenvalue weighted by Crippen LogP contribution is -2.71. The highest BCUT2D eigenvalue weighted by molar-refractivity contribution is 6.10. The third-order valence-electron chi connectivity index (χ3n) is 1.40. The van der Waals surface area contributed by atoms with Crippen molar-refractivity contribution in [2.75, 3.05) is 13.6 Å². The van der Waals surface area contributed by atoms with Crippen molar-refractivity contribution in [2.24, 2.45) is 0 Å². The molecule has 0 aromatic carbocycles. The second kappa shape index (κ2) is 6.77. The van der Waals surface area contributed by atoms with Crippen LogP contribution in [-0.4, -0.2) is 31.5 Å². The normalized spacial score (nSPS) is 11.4. The molecule has 1 amide bonds. The second-order valence-corrected chi connectivity index (χ2v) is 2.66. The number of allylic oxidation sites excluding steroid dienone is 2. The van der Waals surface area contributed by atoms with Crippen LogP contribution < -0.4 is 10.3 Å². The van der Waals surface area contributed by atoms with E-state index in [4.69, 9.17) is 0 Å². The van der Waals surface area contributed by atoms with Crippen LogP contribution in [0.4, 0.5) is 0 Å². The topological polar surface area (TPSA) is 60.1 Å². The van der Waals surface area contributed by atoms with E-state index in [9.17, 15) is 9.59 Å². The minimum atomic E-state index is -0.221. The molecule has 0 unspecified atom stereocenters. The smallest absolute Gasteiger partial charge is 0.257 e. The molecule has 0 aliphatic carbocycles. The average molecular weight is 195 g/mol. The summed E-state index contributed by atoms with van der Waals surface area (Å²) >= 11 is 0. The van der Waals surface area contributed by atoms with Gasteiger partial charge in [-0.1, -0.05) is 12.7 Å². The number of nitrogens with one attached hydrogen (secondary N) is 2. The largest absolute Gasteiger partial charge is 0.355 e. The molecule has 0 aromatic heterocycles. The first-order valence-corrected chi connectivity index (χ1v) is 4.22. The minimum Gasteiger partial charge on any atom is -0.355 e. The van der Waals surface area contributed by atoms with Gasteiger partial charge in [-0.2, -0.15) is 0 Å². The maximum Gasteiger partial charge on any atom is 0.257 e. The number of amides is 1. The highest BCUT2D eigenvalue weighted by atomic mass is 16.1. The molecular formula is C10H15N2O2+. The van der Waals surface area contributed by atoms with Crippen molar-refractivity contribution in [3.8, 4) is 0 Å². The van der Waals surface area contributed by atoms with Gasteiger partial charge in [0.1, 0.15) is 5.57 Å². The van der Waals surface area contributed by atoms with E-state index in [1.165, 1.54) is 26.3 Å². The maximum absolute atomic E-state index is 11.2. The highest BCUT2D eigenvalue weighted by Gasteiger charge is 2.05. The van der Waals surface area contributed by atoms with E-state index in [2.05, 4.69) is 16.9 Å². The van der Waals surface area contributed by atoms with Crippen LogP contribution in [0.3, 0.4) is 0 Å². The van der Waals surface area contributed by atoms with Gasteiger partial charge in [0, 0.05) is 14.0 Å². The number of ketones is 1. The van der Waals surface area contributed by atoms with E-state index in [1.807, 2.05) is 0 Å². The first-order chi connectivity index (χ1) is 6.61. The summed E-state index contributed by atoms with van der Waals surface area (Å²) in [6.45, 7) is 5.17. The Morgan fingerprint density at radius 2 is 2.14 bits per heavy atom. The van der Waals surface area contributed by atoms with Crippen LogP contribution in [0, 0.1) is 0 Å². The van der Waals surface area contributed by atoms with Crippen LogP contribution in [0.1, 0.15) is 6.92 Å². The van der Waals surface area contributed by atoms with Crippen LogP contribution in [0.5, 0.6) is 0 Å². The summed E-state index contributed by atoms with van der Waals surface area (Å²) in [6, 6.07) is 0. The molecule has 4 nitrogen and oxygen atoms in total. The molecule has 0 aliphatic rings. The standard InChI is InChI=1S/C10H14N2O2/c1-4-5-9(10(14)11-3)7-12-6-8(2)13/h4-5,7H,1,6H2,2-3H3,(H,11,14)/p+1/b9-5+,12-7?. The third-order valence-corrected chi connectivity index (χ3v) is 1.40. The lowest BCUT2D eigenvalue weighted by Gasteiger charge is -1.94. The molecule has 2 N–H and O–H groups in total. The zero-order chi connectivity index (χ0) is 11.0. The molecule has 0 aliphatic heterocycles. The van der Waals surface area contributed by atoms with E-state index in [-0.39, 0.29) is 18.2 Å². The van der Waals surface area contributed by atoms with Gasteiger partial charge < -0.3 is 5.32 Å². The summed E-state index contributed by atoms with van der Waals surface area (Å²) < 4.78 is 0. The van der Waals surface area contributed by atoms with Crippen LogP contribution in [0.25, 0.3) is 0 Å². The summed E-state index contributed by atoms with van der Waals surface area (Å²) in [5, 5.41) is 2.48. The summed E-state index contributed by atoms with van der Waals surface area (Å²) in [7, 11) is 1.54. The summed E-state index contributed by atoms with van der Waals surface area (Å²) in [4.78, 5) is 24.5. The number of hydrogen-bond donors (Lipinski definition) is 2. The van der Waals surface area contributed by atoms with Gasteiger partial charge in [0.25, 0.3) is 5.91 Å². The van der Waals surface area contributed by atoms with Crippen molar-refractivity contribution in [2.45, 2.75) is 6.92 Å². The lowest BCUT2D eigenvalue weighted by molar-refractivity contribution is -0.437. The predicted molar refractivity (Wildman–Crippen MR) is 54.9 cm³/mol. The zero-order valence-corrected chi connectivity index (χ0v) is 8.46. The molecule has 0 saturated heterocycles. The van der Waals surface area contributed by atoms with Gasteiger partial charge >= 0.3 is 0 Å². The first-order valence-electron chi connectivity index (χ1n) is 4.22. The number of hydrogen-bond acceptors (Lipinski definition) is 2. The van der Waals surface area contributed by atoms with E-state index in [0.717, 1.165) is 0 Å². The second-order valence-electron chi connectivity index (χ2n) is 2.66. The van der Waals surface area contributed by atoms with Gasteiger partial charge in [-0.15, -0.1) is 0 Å². The number of carbonyl (C=O) groups excluding carboxylic acids is 2. The number of carbonyl (C=O) groups is 2. The lowest BCUT2D eigenvalue weighted by atomic mass is 10.2. The van der Waals surface area contributed by atoms with Gasteiger partial charge in [-0.25, -0.2) is 4.99 Å². The molecule has 0 heterocycles. The van der Waals surface area contributed by atoms with Gasteiger partial charge in [0.15, 0.2) is 18.5 Å².